The van der Waals surface area contributed by atoms with Gasteiger partial charge in [0.1, 0.15) is 24.4 Å². The molecule has 0 radical (unpaired) electrons. The van der Waals surface area contributed by atoms with E-state index in [1.54, 1.807) is 6.08 Å². The van der Waals surface area contributed by atoms with Crippen molar-refractivity contribution in [1.29, 1.82) is 0 Å². The van der Waals surface area contributed by atoms with E-state index in [4.69, 9.17) is 9.47 Å². The summed E-state index contributed by atoms with van der Waals surface area (Å²) >= 11 is 0. The Balaban J connectivity index is 1.96. The molecule has 1 fully saturated rings. The smallest absolute Gasteiger partial charge is 0.217 e. The van der Waals surface area contributed by atoms with Crippen molar-refractivity contribution in [2.24, 2.45) is 0 Å². The van der Waals surface area contributed by atoms with Crippen LogP contribution in [0.3, 0.4) is 0 Å². The molecular formula is C42H79NO8. The Labute approximate surface area is 311 Å². The minimum atomic E-state index is -1.56. The summed E-state index contributed by atoms with van der Waals surface area (Å²) in [5, 5.41) is 52.6. The third-order valence-electron chi connectivity index (χ3n) is 10.1. The molecule has 0 aromatic rings. The van der Waals surface area contributed by atoms with Crippen molar-refractivity contribution in [2.45, 2.75) is 224 Å². The number of amides is 1. The summed E-state index contributed by atoms with van der Waals surface area (Å²) in [5.74, 6) is -0.363. The first-order chi connectivity index (χ1) is 24.8. The lowest BCUT2D eigenvalue weighted by atomic mass is 9.99. The number of ether oxygens (including phenoxy) is 2. The molecule has 1 heterocycles. The second-order valence-electron chi connectivity index (χ2n) is 14.9. The third-order valence-corrected chi connectivity index (χ3v) is 10.1. The van der Waals surface area contributed by atoms with Gasteiger partial charge in [0.2, 0.25) is 5.91 Å². The van der Waals surface area contributed by atoms with Crippen LogP contribution in [0.4, 0.5) is 0 Å². The Hall–Kier alpha value is -1.33. The van der Waals surface area contributed by atoms with Crippen molar-refractivity contribution >= 4 is 5.91 Å². The van der Waals surface area contributed by atoms with Gasteiger partial charge >= 0.3 is 0 Å². The maximum Gasteiger partial charge on any atom is 0.217 e. The molecule has 1 aliphatic heterocycles. The molecule has 7 atom stereocenters. The fraction of sp³-hybridized carbons (Fsp3) is 0.881. The minimum Gasteiger partial charge on any atom is -0.394 e. The number of carbonyl (C=O) groups is 1. The van der Waals surface area contributed by atoms with Gasteiger partial charge in [-0.25, -0.2) is 0 Å². The van der Waals surface area contributed by atoms with E-state index < -0.39 is 49.5 Å². The second kappa shape index (κ2) is 33.3. The molecule has 0 saturated carbocycles. The number of hydrogen-bond acceptors (Lipinski definition) is 8. The first kappa shape index (κ1) is 47.7. The molecule has 0 aromatic carbocycles. The first-order valence-electron chi connectivity index (χ1n) is 21.0. The summed E-state index contributed by atoms with van der Waals surface area (Å²) < 4.78 is 10.9. The molecule has 6 N–H and O–H groups in total. The van der Waals surface area contributed by atoms with Crippen LogP contribution >= 0.6 is 0 Å². The van der Waals surface area contributed by atoms with Crippen LogP contribution in [0.25, 0.3) is 0 Å². The lowest BCUT2D eigenvalue weighted by molar-refractivity contribution is -0.302. The Morgan fingerprint density at radius 1 is 0.647 bits per heavy atom. The van der Waals surface area contributed by atoms with Crippen LogP contribution < -0.4 is 5.32 Å². The number of aliphatic hydroxyl groups excluding tert-OH is 5. The number of allylic oxidation sites excluding steroid dienone is 3. The van der Waals surface area contributed by atoms with E-state index in [1.807, 2.05) is 6.08 Å². The van der Waals surface area contributed by atoms with Crippen LogP contribution in [0.1, 0.15) is 181 Å². The highest BCUT2D eigenvalue weighted by Crippen LogP contribution is 2.22. The van der Waals surface area contributed by atoms with Crippen molar-refractivity contribution in [2.75, 3.05) is 13.2 Å². The van der Waals surface area contributed by atoms with Crippen LogP contribution in [-0.4, -0.2) is 87.5 Å². The fourth-order valence-electron chi connectivity index (χ4n) is 6.74. The van der Waals surface area contributed by atoms with E-state index in [1.165, 1.54) is 155 Å². The number of carbonyl (C=O) groups excluding carboxylic acids is 1. The molecule has 1 rings (SSSR count). The maximum absolute atomic E-state index is 11.7. The number of rotatable bonds is 34. The molecule has 300 valence electrons. The first-order valence-corrected chi connectivity index (χ1v) is 21.0. The van der Waals surface area contributed by atoms with Crippen molar-refractivity contribution in [3.05, 3.63) is 24.3 Å². The van der Waals surface area contributed by atoms with Crippen LogP contribution in [0.2, 0.25) is 0 Å². The molecule has 9 nitrogen and oxygen atoms in total. The average Bonchev–Trinajstić information content (AvgIpc) is 3.12. The fourth-order valence-corrected chi connectivity index (χ4v) is 6.74. The van der Waals surface area contributed by atoms with E-state index >= 15 is 0 Å². The van der Waals surface area contributed by atoms with E-state index in [2.05, 4.69) is 24.4 Å². The highest BCUT2D eigenvalue weighted by atomic mass is 16.7. The predicted octanol–water partition coefficient (Wildman–Crippen LogP) is 7.94. The second-order valence-corrected chi connectivity index (χ2v) is 14.9. The summed E-state index contributed by atoms with van der Waals surface area (Å²) in [4.78, 5) is 11.7. The average molecular weight is 726 g/mol. The summed E-state index contributed by atoms with van der Waals surface area (Å²) in [7, 11) is 0. The van der Waals surface area contributed by atoms with Crippen LogP contribution in [-0.2, 0) is 14.3 Å². The quantitative estimate of drug-likeness (QED) is 0.0289. The van der Waals surface area contributed by atoms with Gasteiger partial charge in [-0.2, -0.15) is 0 Å². The normalized spacial score (nSPS) is 22.2. The third kappa shape index (κ3) is 25.3. The molecule has 1 aliphatic rings. The van der Waals surface area contributed by atoms with Crippen LogP contribution in [0, 0.1) is 0 Å². The Morgan fingerprint density at radius 2 is 1.08 bits per heavy atom. The predicted molar refractivity (Wildman–Crippen MR) is 207 cm³/mol. The zero-order chi connectivity index (χ0) is 37.4. The van der Waals surface area contributed by atoms with E-state index in [0.29, 0.717) is 0 Å². The zero-order valence-electron chi connectivity index (χ0n) is 32.6. The topological polar surface area (TPSA) is 149 Å². The highest BCUT2D eigenvalue weighted by molar-refractivity contribution is 5.73. The minimum absolute atomic E-state index is 0.215. The number of hydrogen-bond donors (Lipinski definition) is 6. The van der Waals surface area contributed by atoms with Gasteiger partial charge in [-0.1, -0.05) is 172 Å². The highest BCUT2D eigenvalue weighted by Gasteiger charge is 2.44. The van der Waals surface area contributed by atoms with Gasteiger partial charge in [-0.3, -0.25) is 4.79 Å². The summed E-state index contributed by atoms with van der Waals surface area (Å²) in [6.45, 7) is 2.83. The standard InChI is InChI=1S/C42H79NO8/c1-3-4-5-6-7-8-9-10-11-12-13-14-15-16-17-18-19-20-21-22-23-24-25-26-27-28-29-30-31-32-37(46)36(43-35(2)45)34-50-42-41(49)40(48)39(47)38(33-44)51-42/h27-28,31-32,36-42,44,46-49H,3-26,29-30,33-34H2,1-2H3,(H,43,45)/b28-27+,32-31+. The lowest BCUT2D eigenvalue weighted by Gasteiger charge is -2.40. The monoisotopic (exact) mass is 726 g/mol. The van der Waals surface area contributed by atoms with Crippen molar-refractivity contribution in [3.8, 4) is 0 Å². The van der Waals surface area contributed by atoms with E-state index in [9.17, 15) is 30.3 Å². The van der Waals surface area contributed by atoms with Crippen LogP contribution in [0.5, 0.6) is 0 Å². The summed E-state index contributed by atoms with van der Waals surface area (Å²) in [6.07, 6.45) is 34.7. The van der Waals surface area contributed by atoms with Gasteiger partial charge in [-0.05, 0) is 25.7 Å². The molecule has 7 unspecified atom stereocenters. The largest absolute Gasteiger partial charge is 0.394 e. The molecule has 9 heteroatoms. The molecule has 51 heavy (non-hydrogen) atoms. The van der Waals surface area contributed by atoms with Gasteiger partial charge in [0.25, 0.3) is 0 Å². The van der Waals surface area contributed by atoms with E-state index in [0.717, 1.165) is 19.3 Å². The molecule has 0 aromatic heterocycles. The Morgan fingerprint density at radius 3 is 1.53 bits per heavy atom. The molecule has 1 saturated heterocycles. The van der Waals surface area contributed by atoms with Gasteiger partial charge in [-0.15, -0.1) is 0 Å². The summed E-state index contributed by atoms with van der Waals surface area (Å²) in [6, 6.07) is -0.819. The molecule has 0 spiro atoms. The molecule has 0 aliphatic carbocycles. The molecule has 1 amide bonds. The SMILES string of the molecule is CCCCCCCCCCCCCCCCCCCCCCCCC/C=C/CC/C=C/C(O)C(COC1OC(CO)C(O)C(O)C1O)NC(C)=O. The van der Waals surface area contributed by atoms with Crippen molar-refractivity contribution in [3.63, 3.8) is 0 Å². The zero-order valence-corrected chi connectivity index (χ0v) is 32.6. The van der Waals surface area contributed by atoms with Crippen molar-refractivity contribution < 1.29 is 39.8 Å². The van der Waals surface area contributed by atoms with Gasteiger partial charge < -0.3 is 40.3 Å². The molecule has 0 bridgehead atoms. The van der Waals surface area contributed by atoms with Crippen LogP contribution in [0.15, 0.2) is 24.3 Å². The maximum atomic E-state index is 11.7. The summed E-state index contributed by atoms with van der Waals surface area (Å²) in [5.41, 5.74) is 0. The Bertz CT molecular complexity index is 853. The lowest BCUT2D eigenvalue weighted by Crippen LogP contribution is -2.60. The molecular weight excluding hydrogens is 646 g/mol. The van der Waals surface area contributed by atoms with Gasteiger partial charge in [0.15, 0.2) is 6.29 Å². The van der Waals surface area contributed by atoms with Crippen molar-refractivity contribution in [1.82, 2.24) is 5.32 Å². The number of unbranched alkanes of at least 4 members (excludes halogenated alkanes) is 24. The van der Waals surface area contributed by atoms with Gasteiger partial charge in [0, 0.05) is 6.92 Å². The van der Waals surface area contributed by atoms with Gasteiger partial charge in [0.05, 0.1) is 25.4 Å². The number of aliphatic hydroxyl groups is 5. The van der Waals surface area contributed by atoms with E-state index in [-0.39, 0.29) is 12.5 Å². The number of nitrogens with one attached hydrogen (secondary N) is 1. The Kier molecular flexibility index (Phi) is 31.1.